The molecule has 5 rings (SSSR count). The van der Waals surface area contributed by atoms with Gasteiger partial charge in [-0.2, -0.15) is 0 Å². The third-order valence-electron chi connectivity index (χ3n) is 9.47. The van der Waals surface area contributed by atoms with E-state index in [2.05, 4.69) is 11.1 Å². The number of rotatable bonds is 15. The number of nitrogens with one attached hydrogen (secondary N) is 1. The monoisotopic (exact) mass is 664 g/mol. The first-order chi connectivity index (χ1) is 22.1. The topological polar surface area (TPSA) is 126 Å². The molecule has 0 aliphatic heterocycles. The van der Waals surface area contributed by atoms with Crippen LogP contribution in [-0.2, 0) is 22.4 Å². The summed E-state index contributed by atoms with van der Waals surface area (Å²) in [4.78, 5) is 30.1. The third kappa shape index (κ3) is 7.75. The van der Waals surface area contributed by atoms with Gasteiger partial charge in [0, 0.05) is 49.8 Å². The van der Waals surface area contributed by atoms with Crippen molar-refractivity contribution in [2.75, 3.05) is 6.54 Å². The Bertz CT molecular complexity index is 1690. The number of nitrogens with two attached hydrogens (primary N) is 1. The van der Waals surface area contributed by atoms with Gasteiger partial charge in [-0.3, -0.25) is 9.59 Å². The van der Waals surface area contributed by atoms with Gasteiger partial charge in [0.05, 0.1) is 17.2 Å². The van der Waals surface area contributed by atoms with Crippen molar-refractivity contribution in [3.63, 3.8) is 0 Å². The second kappa shape index (κ2) is 15.3. The van der Waals surface area contributed by atoms with Crippen molar-refractivity contribution in [2.24, 2.45) is 23.0 Å². The highest BCUT2D eigenvalue weighted by molar-refractivity contribution is 7.19. The van der Waals surface area contributed by atoms with Gasteiger partial charge in [-0.1, -0.05) is 55.8 Å². The van der Waals surface area contributed by atoms with Gasteiger partial charge in [0.15, 0.2) is 0 Å². The molecule has 1 aliphatic rings. The van der Waals surface area contributed by atoms with Gasteiger partial charge in [0.2, 0.25) is 0 Å². The van der Waals surface area contributed by atoms with Crippen LogP contribution >= 0.6 is 22.9 Å². The molecule has 4 aromatic rings. The first-order valence-electron chi connectivity index (χ1n) is 16.3. The summed E-state index contributed by atoms with van der Waals surface area (Å²) in [7, 11) is 0. The number of halogens is 1. The van der Waals surface area contributed by atoms with Crippen LogP contribution in [0.4, 0.5) is 0 Å². The predicted molar refractivity (Wildman–Crippen MR) is 186 cm³/mol. The molecule has 0 radical (unpaired) electrons. The molecule has 2 aromatic carbocycles. The number of carbonyl (C=O) groups is 2. The maximum Gasteiger partial charge on any atom is 0.311 e. The highest BCUT2D eigenvalue weighted by Crippen LogP contribution is 2.46. The van der Waals surface area contributed by atoms with E-state index < -0.39 is 17.6 Å². The molecule has 1 aliphatic carbocycles. The average Bonchev–Trinajstić information content (AvgIpc) is 3.64. The van der Waals surface area contributed by atoms with E-state index in [1.54, 1.807) is 17.4 Å². The van der Waals surface area contributed by atoms with Crippen molar-refractivity contribution in [2.45, 2.75) is 83.8 Å². The van der Waals surface area contributed by atoms with Crippen LogP contribution in [0.2, 0.25) is 5.02 Å². The maximum atomic E-state index is 13.3. The number of thiophene rings is 1. The minimum absolute atomic E-state index is 0.0683. The highest BCUT2D eigenvalue weighted by Gasteiger charge is 2.53. The Morgan fingerprint density at radius 3 is 2.74 bits per heavy atom. The highest BCUT2D eigenvalue weighted by atomic mass is 35.5. The van der Waals surface area contributed by atoms with Gasteiger partial charge in [0.1, 0.15) is 11.5 Å². The number of ether oxygens (including phenoxy) is 1. The summed E-state index contributed by atoms with van der Waals surface area (Å²) in [6.45, 7) is 4.18. The van der Waals surface area contributed by atoms with Gasteiger partial charge < -0.3 is 25.7 Å². The molecule has 4 atom stereocenters. The normalized spacial score (nSPS) is 20.3. The van der Waals surface area contributed by atoms with Gasteiger partial charge >= 0.3 is 5.97 Å². The number of ketones is 1. The number of aryl methyl sites for hydroxylation is 1. The molecular weight excluding hydrogens is 620 g/mol. The molecule has 0 saturated heterocycles. The van der Waals surface area contributed by atoms with Crippen LogP contribution in [0, 0.1) is 17.3 Å². The Morgan fingerprint density at radius 2 is 1.96 bits per heavy atom. The van der Waals surface area contributed by atoms with E-state index >= 15 is 0 Å². The number of aromatic amines is 1. The number of carbonyl (C=O) groups excluding carboxylic acids is 2. The van der Waals surface area contributed by atoms with E-state index in [-0.39, 0.29) is 30.0 Å². The fourth-order valence-corrected chi connectivity index (χ4v) is 8.30. The summed E-state index contributed by atoms with van der Waals surface area (Å²) in [6, 6.07) is 13.6. The molecule has 7 nitrogen and oxygen atoms in total. The zero-order chi connectivity index (χ0) is 32.8. The van der Waals surface area contributed by atoms with Crippen LogP contribution < -0.4 is 10.5 Å². The summed E-state index contributed by atoms with van der Waals surface area (Å²) in [5, 5.41) is 24.8. The number of esters is 1. The molecule has 46 heavy (non-hydrogen) atoms. The molecule has 0 spiro atoms. The van der Waals surface area contributed by atoms with E-state index in [1.807, 2.05) is 62.5 Å². The van der Waals surface area contributed by atoms with Crippen LogP contribution in [0.25, 0.3) is 21.0 Å². The second-order valence-corrected chi connectivity index (χ2v) is 14.6. The lowest BCUT2D eigenvalue weighted by Crippen LogP contribution is -2.32. The summed E-state index contributed by atoms with van der Waals surface area (Å²) >= 11 is 8.25. The Kier molecular flexibility index (Phi) is 11.4. The zero-order valence-electron chi connectivity index (χ0n) is 26.6. The number of allylic oxidation sites excluding steroid dienone is 2. The molecule has 1 saturated carbocycles. The smallest absolute Gasteiger partial charge is 0.311 e. The summed E-state index contributed by atoms with van der Waals surface area (Å²) < 4.78 is 6.72. The maximum absolute atomic E-state index is 13.3. The molecule has 2 heterocycles. The van der Waals surface area contributed by atoms with Crippen molar-refractivity contribution < 1.29 is 24.5 Å². The molecule has 2 unspecified atom stereocenters. The first-order valence-corrected chi connectivity index (χ1v) is 17.5. The quantitative estimate of drug-likeness (QED) is 0.0450. The van der Waals surface area contributed by atoms with Gasteiger partial charge in [0.25, 0.3) is 0 Å². The van der Waals surface area contributed by atoms with E-state index in [1.165, 1.54) is 0 Å². The largest absolute Gasteiger partial charge is 0.427 e. The minimum atomic E-state index is -0.822. The van der Waals surface area contributed by atoms with Crippen LogP contribution in [0.1, 0.15) is 69.2 Å². The number of H-pyrrole nitrogens is 1. The van der Waals surface area contributed by atoms with Gasteiger partial charge in [-0.05, 0) is 93.7 Å². The van der Waals surface area contributed by atoms with Crippen molar-refractivity contribution >= 4 is 55.7 Å². The fraction of sp³-hybridized carbons (Fsp3) is 0.459. The molecule has 9 heteroatoms. The summed E-state index contributed by atoms with van der Waals surface area (Å²) in [5.41, 5.74) is 6.97. The Labute approximate surface area is 279 Å². The molecule has 0 amide bonds. The number of hydrogen-bond acceptors (Lipinski definition) is 7. The zero-order valence-corrected chi connectivity index (χ0v) is 28.2. The number of benzene rings is 2. The number of aliphatic hydroxyl groups is 2. The van der Waals surface area contributed by atoms with Crippen molar-refractivity contribution in [3.8, 4) is 5.75 Å². The van der Waals surface area contributed by atoms with E-state index in [0.717, 1.165) is 42.9 Å². The van der Waals surface area contributed by atoms with E-state index in [4.69, 9.17) is 22.1 Å². The number of aliphatic hydroxyl groups excluding tert-OH is 2. The van der Waals surface area contributed by atoms with Gasteiger partial charge in [-0.25, -0.2) is 0 Å². The Hall–Kier alpha value is -3.01. The minimum Gasteiger partial charge on any atom is -0.427 e. The molecule has 5 N–H and O–H groups in total. The van der Waals surface area contributed by atoms with Crippen molar-refractivity contribution in [3.05, 3.63) is 76.3 Å². The van der Waals surface area contributed by atoms with E-state index in [9.17, 15) is 19.8 Å². The number of aromatic nitrogens is 1. The lowest BCUT2D eigenvalue weighted by molar-refractivity contribution is -0.134. The standard InChI is InChI=1S/C37H45ClN2O5S/c1-37(2)35(43)26(27(36(37)44)16-13-24(41)14-18-32-34(38)28-10-7-8-11-31(28)46-32)9-5-3-4-6-12-33(42)45-25-15-17-30-29(21-25)23(19-20-39)22-40-30/h3,5,7-8,10-11,15,17,21-22,24,26-27,36,40-41,44H,4,6,9,12-14,16,18-20,39H2,1-2H3/b5-3-/t24?,26-,27-,36?/m1/s1. The Morgan fingerprint density at radius 1 is 1.15 bits per heavy atom. The second-order valence-electron chi connectivity index (χ2n) is 13.0. The molecule has 1 fully saturated rings. The molecule has 2 aromatic heterocycles. The summed E-state index contributed by atoms with van der Waals surface area (Å²) in [6.07, 6.45) is 9.88. The summed E-state index contributed by atoms with van der Waals surface area (Å²) in [5.74, 6) is -0.214. The van der Waals surface area contributed by atoms with Crippen LogP contribution in [0.3, 0.4) is 0 Å². The molecule has 0 bridgehead atoms. The van der Waals surface area contributed by atoms with Crippen molar-refractivity contribution in [1.82, 2.24) is 4.98 Å². The van der Waals surface area contributed by atoms with Crippen LogP contribution in [0.5, 0.6) is 5.75 Å². The lowest BCUT2D eigenvalue weighted by atomic mass is 9.85. The fourth-order valence-electron chi connectivity index (χ4n) is 6.76. The number of unbranched alkanes of at least 4 members (excludes halogenated alkanes) is 1. The number of hydrogen-bond donors (Lipinski definition) is 4. The molecular formula is C37H45ClN2O5S. The van der Waals surface area contributed by atoms with E-state index in [0.29, 0.717) is 57.2 Å². The Balaban J connectivity index is 1.07. The SMILES string of the molecule is CC1(C)C(=O)[C@H](C/C=C\CCCC(=O)Oc2ccc3[nH]cc(CCN)c3c2)[C@@H](CCC(O)CCc2sc3ccccc3c2Cl)C1O. The van der Waals surface area contributed by atoms with Gasteiger partial charge in [-0.15, -0.1) is 11.3 Å². The average molecular weight is 665 g/mol. The van der Waals surface area contributed by atoms with Crippen LogP contribution in [0.15, 0.2) is 60.8 Å². The third-order valence-corrected chi connectivity index (χ3v) is 11.2. The van der Waals surface area contributed by atoms with Crippen molar-refractivity contribution in [1.29, 1.82) is 0 Å². The predicted octanol–water partition coefficient (Wildman–Crippen LogP) is 7.54. The number of fused-ring (bicyclic) bond motifs is 2. The molecule has 246 valence electrons. The first kappa shape index (κ1) is 34.3. The lowest BCUT2D eigenvalue weighted by Gasteiger charge is -2.25. The van der Waals surface area contributed by atoms with Crippen LogP contribution in [-0.4, -0.2) is 45.7 Å². The number of Topliss-reactive ketones (excluding diaryl/α,β-unsaturated/α-hetero) is 1.